The van der Waals surface area contributed by atoms with E-state index in [1.54, 1.807) is 7.11 Å². The summed E-state index contributed by atoms with van der Waals surface area (Å²) in [4.78, 5) is 0. The minimum absolute atomic E-state index is 0.323. The van der Waals surface area contributed by atoms with Gasteiger partial charge in [0.1, 0.15) is 0 Å². The molecule has 0 aromatic heterocycles. The number of nitrogens with one attached hydrogen (secondary N) is 1. The number of methoxy groups -OCH3 is 1. The molecule has 5 heteroatoms. The van der Waals surface area contributed by atoms with Gasteiger partial charge in [0, 0.05) is 13.7 Å². The molecule has 0 aromatic rings. The van der Waals surface area contributed by atoms with Crippen molar-refractivity contribution in [3.05, 3.63) is 0 Å². The highest BCUT2D eigenvalue weighted by Gasteiger charge is 2.19. The van der Waals surface area contributed by atoms with Crippen LogP contribution >= 0.6 is 0 Å². The molecule has 1 fully saturated rings. The second kappa shape index (κ2) is 10.5. The fourth-order valence-corrected chi connectivity index (χ4v) is 2.52. The first-order valence-electron chi connectivity index (χ1n) is 7.79. The van der Waals surface area contributed by atoms with Gasteiger partial charge in [0.25, 0.3) is 0 Å². The molecule has 120 valence electrons. The van der Waals surface area contributed by atoms with Crippen LogP contribution in [-0.2, 0) is 9.47 Å². The number of rotatable bonds is 10. The normalized spacial score (nSPS) is 26.4. The first kappa shape index (κ1) is 17.9. The van der Waals surface area contributed by atoms with Crippen molar-refractivity contribution >= 4 is 0 Å². The summed E-state index contributed by atoms with van der Waals surface area (Å²) in [5.74, 6) is 0.819. The molecule has 2 unspecified atom stereocenters. The SMILES string of the molecule is COCC(O)CCNCC(O)COC1CCC(C)CC1. The molecule has 0 bridgehead atoms. The van der Waals surface area contributed by atoms with Crippen molar-refractivity contribution in [1.29, 1.82) is 0 Å². The summed E-state index contributed by atoms with van der Waals surface area (Å²) in [6.45, 7) is 4.21. The number of hydrogen-bond donors (Lipinski definition) is 3. The predicted molar refractivity (Wildman–Crippen MR) is 78.7 cm³/mol. The van der Waals surface area contributed by atoms with E-state index in [1.807, 2.05) is 0 Å². The van der Waals surface area contributed by atoms with E-state index in [9.17, 15) is 10.2 Å². The fraction of sp³-hybridized carbons (Fsp3) is 1.00. The van der Waals surface area contributed by atoms with Crippen molar-refractivity contribution in [3.63, 3.8) is 0 Å². The zero-order valence-corrected chi connectivity index (χ0v) is 12.9. The summed E-state index contributed by atoms with van der Waals surface area (Å²) in [6.07, 6.45) is 4.73. The molecule has 0 radical (unpaired) electrons. The molecule has 2 atom stereocenters. The molecule has 3 N–H and O–H groups in total. The van der Waals surface area contributed by atoms with Crippen LogP contribution in [0.2, 0.25) is 0 Å². The third-order valence-corrected chi connectivity index (χ3v) is 3.88. The Morgan fingerprint density at radius 2 is 1.80 bits per heavy atom. The largest absolute Gasteiger partial charge is 0.391 e. The molecular weight excluding hydrogens is 258 g/mol. The monoisotopic (exact) mass is 289 g/mol. The Kier molecular flexibility index (Phi) is 9.39. The molecule has 0 heterocycles. The smallest absolute Gasteiger partial charge is 0.0897 e. The van der Waals surface area contributed by atoms with Crippen LogP contribution in [0, 0.1) is 5.92 Å². The molecule has 5 nitrogen and oxygen atoms in total. The molecule has 0 saturated heterocycles. The minimum atomic E-state index is -0.478. The molecule has 1 rings (SSSR count). The Bertz CT molecular complexity index is 232. The first-order valence-corrected chi connectivity index (χ1v) is 7.79. The lowest BCUT2D eigenvalue weighted by Crippen LogP contribution is -2.34. The maximum Gasteiger partial charge on any atom is 0.0897 e. The lowest BCUT2D eigenvalue weighted by molar-refractivity contribution is -0.0280. The number of aliphatic hydroxyl groups is 2. The molecule has 0 spiro atoms. The highest BCUT2D eigenvalue weighted by Crippen LogP contribution is 2.25. The maximum atomic E-state index is 9.83. The van der Waals surface area contributed by atoms with Crippen LogP contribution in [-0.4, -0.2) is 61.9 Å². The van der Waals surface area contributed by atoms with E-state index in [1.165, 1.54) is 12.8 Å². The van der Waals surface area contributed by atoms with Gasteiger partial charge in [-0.05, 0) is 44.6 Å². The quantitative estimate of drug-likeness (QED) is 0.522. The van der Waals surface area contributed by atoms with Gasteiger partial charge in [0.15, 0.2) is 0 Å². The fourth-order valence-electron chi connectivity index (χ4n) is 2.52. The van der Waals surface area contributed by atoms with Crippen LogP contribution in [0.15, 0.2) is 0 Å². The van der Waals surface area contributed by atoms with Crippen molar-refractivity contribution in [3.8, 4) is 0 Å². The van der Waals surface area contributed by atoms with E-state index in [4.69, 9.17) is 9.47 Å². The highest BCUT2D eigenvalue weighted by atomic mass is 16.5. The van der Waals surface area contributed by atoms with Gasteiger partial charge >= 0.3 is 0 Å². The van der Waals surface area contributed by atoms with Crippen molar-refractivity contribution in [2.45, 2.75) is 57.3 Å². The van der Waals surface area contributed by atoms with E-state index in [2.05, 4.69) is 12.2 Å². The number of ether oxygens (including phenoxy) is 2. The summed E-state index contributed by atoms with van der Waals surface area (Å²) in [6, 6.07) is 0. The Balaban J connectivity index is 1.96. The van der Waals surface area contributed by atoms with Crippen molar-refractivity contribution in [2.24, 2.45) is 5.92 Å². The Hall–Kier alpha value is -0.200. The second-order valence-corrected chi connectivity index (χ2v) is 5.97. The molecule has 1 aliphatic carbocycles. The highest BCUT2D eigenvalue weighted by molar-refractivity contribution is 4.71. The van der Waals surface area contributed by atoms with Crippen molar-refractivity contribution < 1.29 is 19.7 Å². The van der Waals surface area contributed by atoms with E-state index in [-0.39, 0.29) is 0 Å². The summed E-state index contributed by atoms with van der Waals surface area (Å²) in [7, 11) is 1.57. The second-order valence-electron chi connectivity index (χ2n) is 5.97. The predicted octanol–water partition coefficient (Wildman–Crippen LogP) is 0.930. The third-order valence-electron chi connectivity index (χ3n) is 3.88. The van der Waals surface area contributed by atoms with Gasteiger partial charge in [-0.25, -0.2) is 0 Å². The van der Waals surface area contributed by atoms with Gasteiger partial charge in [0.05, 0.1) is 31.5 Å². The average molecular weight is 289 g/mol. The summed E-state index contributed by atoms with van der Waals surface area (Å²) in [5, 5.41) is 22.4. The van der Waals surface area contributed by atoms with Crippen LogP contribution in [0.4, 0.5) is 0 Å². The van der Waals surface area contributed by atoms with E-state index in [0.717, 1.165) is 18.8 Å². The van der Waals surface area contributed by atoms with Crippen molar-refractivity contribution in [2.75, 3.05) is 33.4 Å². The van der Waals surface area contributed by atoms with Gasteiger partial charge in [-0.3, -0.25) is 0 Å². The van der Waals surface area contributed by atoms with Gasteiger partial charge in [-0.2, -0.15) is 0 Å². The molecule has 0 aliphatic heterocycles. The average Bonchev–Trinajstić information content (AvgIpc) is 2.43. The standard InChI is InChI=1S/C15H31NO4/c1-12-3-5-15(6-4-12)20-11-14(18)9-16-8-7-13(17)10-19-2/h12-18H,3-11H2,1-2H3. The number of hydrogen-bond acceptors (Lipinski definition) is 5. The van der Waals surface area contributed by atoms with E-state index >= 15 is 0 Å². The van der Waals surface area contributed by atoms with Crippen LogP contribution in [0.3, 0.4) is 0 Å². The summed E-state index contributed by atoms with van der Waals surface area (Å²) >= 11 is 0. The lowest BCUT2D eigenvalue weighted by Gasteiger charge is -2.27. The zero-order chi connectivity index (χ0) is 14.8. The zero-order valence-electron chi connectivity index (χ0n) is 12.9. The Morgan fingerprint density at radius 3 is 2.45 bits per heavy atom. The van der Waals surface area contributed by atoms with Gasteiger partial charge in [-0.15, -0.1) is 0 Å². The molecule has 1 aliphatic rings. The first-order chi connectivity index (χ1) is 9.61. The molecule has 0 amide bonds. The molecule has 1 saturated carbocycles. The summed E-state index contributed by atoms with van der Waals surface area (Å²) < 4.78 is 10.6. The third kappa shape index (κ3) is 8.17. The lowest BCUT2D eigenvalue weighted by atomic mass is 9.89. The van der Waals surface area contributed by atoms with Gasteiger partial charge < -0.3 is 25.0 Å². The van der Waals surface area contributed by atoms with Crippen LogP contribution in [0.25, 0.3) is 0 Å². The Morgan fingerprint density at radius 1 is 1.10 bits per heavy atom. The number of aliphatic hydroxyl groups excluding tert-OH is 2. The molecular formula is C15H31NO4. The van der Waals surface area contributed by atoms with Gasteiger partial charge in [-0.1, -0.05) is 6.92 Å². The molecule has 20 heavy (non-hydrogen) atoms. The molecule has 0 aromatic carbocycles. The summed E-state index contributed by atoms with van der Waals surface area (Å²) in [5.41, 5.74) is 0. The van der Waals surface area contributed by atoms with Gasteiger partial charge in [0.2, 0.25) is 0 Å². The van der Waals surface area contributed by atoms with Crippen LogP contribution < -0.4 is 5.32 Å². The van der Waals surface area contributed by atoms with Crippen molar-refractivity contribution in [1.82, 2.24) is 5.32 Å². The van der Waals surface area contributed by atoms with Crippen LogP contribution in [0.5, 0.6) is 0 Å². The van der Waals surface area contributed by atoms with Crippen LogP contribution in [0.1, 0.15) is 39.0 Å². The minimum Gasteiger partial charge on any atom is -0.391 e. The maximum absolute atomic E-state index is 9.83. The van der Waals surface area contributed by atoms with E-state index < -0.39 is 12.2 Å². The van der Waals surface area contributed by atoms with E-state index in [0.29, 0.717) is 38.8 Å². The topological polar surface area (TPSA) is 71.0 Å². The Labute approximate surface area is 122 Å².